The van der Waals surface area contributed by atoms with Gasteiger partial charge in [0, 0.05) is 0 Å². The number of nitrogens with one attached hydrogen (secondary N) is 1. The van der Waals surface area contributed by atoms with Gasteiger partial charge in [0.25, 0.3) is 0 Å². The molecule has 0 amide bonds. The number of carboxylic acid groups (broad SMARTS) is 1. The number of sulfonamides is 1. The predicted octanol–water partition coefficient (Wildman–Crippen LogP) is 0.755. The first-order valence-electron chi connectivity index (χ1n) is 5.17. The molecule has 1 atom stereocenters. The molecule has 7 heteroatoms. The molecule has 18 heavy (non-hydrogen) atoms. The van der Waals surface area contributed by atoms with Crippen LogP contribution in [0.2, 0.25) is 0 Å². The summed E-state index contributed by atoms with van der Waals surface area (Å²) in [6.45, 7) is 2.88. The van der Waals surface area contributed by atoms with Crippen LogP contribution < -0.4 is 9.46 Å². The van der Waals surface area contributed by atoms with Crippen LogP contribution in [0, 0.1) is 6.92 Å². The Labute approximate surface area is 106 Å². The largest absolute Gasteiger partial charge is 0.497 e. The minimum atomic E-state index is -3.85. The lowest BCUT2D eigenvalue weighted by molar-refractivity contribution is -0.138. The Kier molecular flexibility index (Phi) is 4.31. The second kappa shape index (κ2) is 5.36. The van der Waals surface area contributed by atoms with Gasteiger partial charge in [0.05, 0.1) is 12.0 Å². The number of rotatable bonds is 5. The van der Waals surface area contributed by atoms with Crippen LogP contribution in [0.15, 0.2) is 23.1 Å². The highest BCUT2D eigenvalue weighted by atomic mass is 32.2. The van der Waals surface area contributed by atoms with Crippen molar-refractivity contribution in [2.75, 3.05) is 7.11 Å². The van der Waals surface area contributed by atoms with E-state index in [9.17, 15) is 13.2 Å². The molecule has 0 aliphatic heterocycles. The standard InChI is InChI=1S/C11H15NO5S/c1-7-6-9(17-3)4-5-10(7)18(15,16)12-8(2)11(13)14/h4-6,8,12H,1-3H3,(H,13,14)/t8-/m0/s1. The van der Waals surface area contributed by atoms with E-state index in [2.05, 4.69) is 4.72 Å². The van der Waals surface area contributed by atoms with Crippen molar-refractivity contribution in [1.82, 2.24) is 4.72 Å². The van der Waals surface area contributed by atoms with Crippen LogP contribution in [0.1, 0.15) is 12.5 Å². The van der Waals surface area contributed by atoms with E-state index in [1.54, 1.807) is 13.0 Å². The summed E-state index contributed by atoms with van der Waals surface area (Å²) in [5.41, 5.74) is 0.486. The van der Waals surface area contributed by atoms with Crippen molar-refractivity contribution in [2.24, 2.45) is 0 Å². The second-order valence-corrected chi connectivity index (χ2v) is 5.50. The van der Waals surface area contributed by atoms with Gasteiger partial charge in [0.2, 0.25) is 10.0 Å². The molecular formula is C11H15NO5S. The summed E-state index contributed by atoms with van der Waals surface area (Å²) < 4.78 is 31.0. The average molecular weight is 273 g/mol. The van der Waals surface area contributed by atoms with E-state index in [-0.39, 0.29) is 4.90 Å². The summed E-state index contributed by atoms with van der Waals surface area (Å²) in [6, 6.07) is 3.27. The van der Waals surface area contributed by atoms with Crippen molar-refractivity contribution >= 4 is 16.0 Å². The fourth-order valence-electron chi connectivity index (χ4n) is 1.40. The maximum Gasteiger partial charge on any atom is 0.321 e. The molecule has 0 fully saturated rings. The van der Waals surface area contributed by atoms with E-state index in [4.69, 9.17) is 9.84 Å². The summed E-state index contributed by atoms with van der Waals surface area (Å²) in [4.78, 5) is 10.7. The van der Waals surface area contributed by atoms with E-state index in [1.165, 1.54) is 26.2 Å². The Morgan fingerprint density at radius 3 is 2.50 bits per heavy atom. The minimum absolute atomic E-state index is 0.0383. The molecule has 0 saturated carbocycles. The summed E-state index contributed by atoms with van der Waals surface area (Å²) in [7, 11) is -2.37. The van der Waals surface area contributed by atoms with Gasteiger partial charge in [-0.05, 0) is 37.6 Å². The van der Waals surface area contributed by atoms with Crippen LogP contribution in [-0.2, 0) is 14.8 Å². The van der Waals surface area contributed by atoms with Gasteiger partial charge in [-0.1, -0.05) is 0 Å². The third-order valence-corrected chi connectivity index (χ3v) is 4.07. The topological polar surface area (TPSA) is 92.7 Å². The third-order valence-electron chi connectivity index (χ3n) is 2.37. The molecule has 0 aliphatic carbocycles. The molecule has 0 aliphatic rings. The SMILES string of the molecule is COc1ccc(S(=O)(=O)N[C@@H](C)C(=O)O)c(C)c1. The molecule has 6 nitrogen and oxygen atoms in total. The first-order chi connectivity index (χ1) is 8.27. The Balaban J connectivity index is 3.09. The lowest BCUT2D eigenvalue weighted by Crippen LogP contribution is -2.38. The zero-order valence-electron chi connectivity index (χ0n) is 10.3. The van der Waals surface area contributed by atoms with Crippen LogP contribution in [-0.4, -0.2) is 32.6 Å². The van der Waals surface area contributed by atoms with E-state index in [1.807, 2.05) is 0 Å². The molecule has 0 bridgehead atoms. The van der Waals surface area contributed by atoms with Gasteiger partial charge in [0.15, 0.2) is 0 Å². The Hall–Kier alpha value is -1.60. The third kappa shape index (κ3) is 3.21. The highest BCUT2D eigenvalue weighted by Crippen LogP contribution is 2.20. The quantitative estimate of drug-likeness (QED) is 0.826. The van der Waals surface area contributed by atoms with Crippen LogP contribution in [0.3, 0.4) is 0 Å². The van der Waals surface area contributed by atoms with Gasteiger partial charge >= 0.3 is 5.97 Å². The smallest absolute Gasteiger partial charge is 0.321 e. The fourth-order valence-corrected chi connectivity index (χ4v) is 2.82. The van der Waals surface area contributed by atoms with E-state index < -0.39 is 22.0 Å². The van der Waals surface area contributed by atoms with Crippen LogP contribution in [0.25, 0.3) is 0 Å². The number of carbonyl (C=O) groups is 1. The van der Waals surface area contributed by atoms with Crippen molar-refractivity contribution in [2.45, 2.75) is 24.8 Å². The molecule has 1 aromatic rings. The number of methoxy groups -OCH3 is 1. The van der Waals surface area contributed by atoms with Crippen molar-refractivity contribution in [3.8, 4) is 5.75 Å². The summed E-state index contributed by atoms with van der Waals surface area (Å²) in [5, 5.41) is 8.70. The van der Waals surface area contributed by atoms with Crippen molar-refractivity contribution in [3.05, 3.63) is 23.8 Å². The Morgan fingerprint density at radius 1 is 1.44 bits per heavy atom. The molecular weight excluding hydrogens is 258 g/mol. The predicted molar refractivity (Wildman–Crippen MR) is 65.2 cm³/mol. The number of hydrogen-bond donors (Lipinski definition) is 2. The molecule has 1 rings (SSSR count). The van der Waals surface area contributed by atoms with Crippen molar-refractivity contribution < 1.29 is 23.1 Å². The molecule has 1 aromatic carbocycles. The number of benzene rings is 1. The first kappa shape index (κ1) is 14.5. The van der Waals surface area contributed by atoms with E-state index in [0.717, 1.165) is 0 Å². The molecule has 0 radical (unpaired) electrons. The number of aryl methyl sites for hydroxylation is 1. The van der Waals surface area contributed by atoms with Gasteiger partial charge in [-0.3, -0.25) is 4.79 Å². The van der Waals surface area contributed by atoms with Gasteiger partial charge in [0.1, 0.15) is 11.8 Å². The van der Waals surface area contributed by atoms with Crippen molar-refractivity contribution in [1.29, 1.82) is 0 Å². The molecule has 0 saturated heterocycles. The summed E-state index contributed by atoms with van der Waals surface area (Å²) in [5.74, 6) is -0.692. The number of carboxylic acids is 1. The van der Waals surface area contributed by atoms with Gasteiger partial charge in [-0.2, -0.15) is 4.72 Å². The Bertz CT molecular complexity index is 553. The lowest BCUT2D eigenvalue weighted by atomic mass is 10.2. The second-order valence-electron chi connectivity index (χ2n) is 3.81. The maximum absolute atomic E-state index is 12.0. The van der Waals surface area contributed by atoms with Crippen LogP contribution in [0.4, 0.5) is 0 Å². The van der Waals surface area contributed by atoms with Gasteiger partial charge in [-0.15, -0.1) is 0 Å². The number of hydrogen-bond acceptors (Lipinski definition) is 4. The molecule has 0 spiro atoms. The molecule has 0 aromatic heterocycles. The minimum Gasteiger partial charge on any atom is -0.497 e. The fraction of sp³-hybridized carbons (Fsp3) is 0.364. The molecule has 100 valence electrons. The average Bonchev–Trinajstić information content (AvgIpc) is 2.27. The normalized spacial score (nSPS) is 13.1. The zero-order chi connectivity index (χ0) is 13.9. The van der Waals surface area contributed by atoms with Gasteiger partial charge in [-0.25, -0.2) is 8.42 Å². The summed E-state index contributed by atoms with van der Waals surface area (Å²) in [6.07, 6.45) is 0. The van der Waals surface area contributed by atoms with E-state index in [0.29, 0.717) is 11.3 Å². The lowest BCUT2D eigenvalue weighted by Gasteiger charge is -2.12. The molecule has 0 heterocycles. The zero-order valence-corrected chi connectivity index (χ0v) is 11.1. The number of ether oxygens (including phenoxy) is 1. The monoisotopic (exact) mass is 273 g/mol. The molecule has 2 N–H and O–H groups in total. The Morgan fingerprint density at radius 2 is 2.06 bits per heavy atom. The van der Waals surface area contributed by atoms with E-state index >= 15 is 0 Å². The maximum atomic E-state index is 12.0. The highest BCUT2D eigenvalue weighted by molar-refractivity contribution is 7.89. The van der Waals surface area contributed by atoms with Crippen LogP contribution >= 0.6 is 0 Å². The number of aliphatic carboxylic acids is 1. The van der Waals surface area contributed by atoms with Gasteiger partial charge < -0.3 is 9.84 Å². The highest BCUT2D eigenvalue weighted by Gasteiger charge is 2.23. The summed E-state index contributed by atoms with van der Waals surface area (Å²) >= 11 is 0. The first-order valence-corrected chi connectivity index (χ1v) is 6.66. The van der Waals surface area contributed by atoms with Crippen LogP contribution in [0.5, 0.6) is 5.75 Å². The van der Waals surface area contributed by atoms with Crippen molar-refractivity contribution in [3.63, 3.8) is 0 Å². The molecule has 0 unspecified atom stereocenters.